The minimum absolute atomic E-state index is 0.210. The number of pyridine rings is 1. The van der Waals surface area contributed by atoms with E-state index >= 15 is 0 Å². The van der Waals surface area contributed by atoms with Gasteiger partial charge in [0, 0.05) is 49.2 Å². The van der Waals surface area contributed by atoms with E-state index in [-0.39, 0.29) is 6.03 Å². The van der Waals surface area contributed by atoms with Crippen molar-refractivity contribution in [2.75, 3.05) is 41.7 Å². The maximum absolute atomic E-state index is 12.6. The van der Waals surface area contributed by atoms with E-state index in [1.807, 2.05) is 31.2 Å². The lowest BCUT2D eigenvalue weighted by Crippen LogP contribution is -2.50. The maximum atomic E-state index is 12.6. The molecule has 5 N–H and O–H groups in total. The fraction of sp³-hybridized carbons (Fsp3) is 0.238. The number of primary amides is 1. The molecule has 0 unspecified atom stereocenters. The summed E-state index contributed by atoms with van der Waals surface area (Å²) in [5.74, 6) is 1.73. The lowest BCUT2D eigenvalue weighted by atomic mass is 10.2. The molecule has 0 aliphatic carbocycles. The topological polar surface area (TPSA) is 132 Å². The number of aromatic amines is 1. The molecule has 0 atom stereocenters. The van der Waals surface area contributed by atoms with E-state index in [1.165, 1.54) is 0 Å². The molecule has 31 heavy (non-hydrogen) atoms. The molecule has 1 aromatic carbocycles. The van der Waals surface area contributed by atoms with Gasteiger partial charge in [-0.2, -0.15) is 5.10 Å². The summed E-state index contributed by atoms with van der Waals surface area (Å²) < 4.78 is 0. The summed E-state index contributed by atoms with van der Waals surface area (Å²) in [6, 6.07) is 14.1. The van der Waals surface area contributed by atoms with Crippen LogP contribution in [0.5, 0.6) is 0 Å². The Bertz CT molecular complexity index is 1090. The molecule has 1 aliphatic rings. The first-order valence-electron chi connectivity index (χ1n) is 9.95. The van der Waals surface area contributed by atoms with Crippen molar-refractivity contribution >= 4 is 35.1 Å². The number of aryl methyl sites for hydroxylation is 1. The molecule has 1 saturated heterocycles. The molecule has 2 aromatic heterocycles. The highest BCUT2D eigenvalue weighted by Gasteiger charge is 2.22. The minimum atomic E-state index is -0.531. The second-order valence-corrected chi connectivity index (χ2v) is 7.29. The number of nitrogens with one attached hydrogen (secondary N) is 3. The fourth-order valence-corrected chi connectivity index (χ4v) is 3.37. The zero-order valence-electron chi connectivity index (χ0n) is 17.1. The monoisotopic (exact) mass is 420 g/mol. The van der Waals surface area contributed by atoms with Gasteiger partial charge in [-0.3, -0.25) is 9.89 Å². The Labute approximate surface area is 179 Å². The van der Waals surface area contributed by atoms with Crippen molar-refractivity contribution in [3.8, 4) is 0 Å². The average molecular weight is 420 g/mol. The normalized spacial score (nSPS) is 13.7. The van der Waals surface area contributed by atoms with E-state index in [4.69, 9.17) is 5.73 Å². The zero-order valence-corrected chi connectivity index (χ0v) is 17.1. The molecule has 0 saturated carbocycles. The molecule has 3 heterocycles. The van der Waals surface area contributed by atoms with Gasteiger partial charge in [0.2, 0.25) is 5.91 Å². The molecule has 0 radical (unpaired) electrons. The van der Waals surface area contributed by atoms with Crippen LogP contribution >= 0.6 is 0 Å². The van der Waals surface area contributed by atoms with Crippen LogP contribution in [0.1, 0.15) is 16.1 Å². The maximum Gasteiger partial charge on any atom is 0.321 e. The molecule has 0 bridgehead atoms. The summed E-state index contributed by atoms with van der Waals surface area (Å²) >= 11 is 0. The first-order valence-corrected chi connectivity index (χ1v) is 9.95. The van der Waals surface area contributed by atoms with Gasteiger partial charge in [0.05, 0.1) is 0 Å². The van der Waals surface area contributed by atoms with Gasteiger partial charge in [-0.15, -0.1) is 0 Å². The molecular weight excluding hydrogens is 396 g/mol. The largest absolute Gasteiger partial charge is 0.366 e. The molecule has 3 amide bonds. The summed E-state index contributed by atoms with van der Waals surface area (Å²) in [7, 11) is 0. The summed E-state index contributed by atoms with van der Waals surface area (Å²) in [5, 5.41) is 13.1. The molecule has 3 aromatic rings. The number of anilines is 4. The number of carbonyl (C=O) groups is 2. The molecule has 1 aliphatic heterocycles. The standard InChI is InChI=1S/C21H24N8O2/c1-14-12-18(27-26-14)24-17-6-3-7-19(25-17)28-8-10-29(11-9-28)21(31)23-16-5-2-4-15(13-16)20(22)30/h2-7,12-13H,8-11H2,1H3,(H2,22,30)(H,23,31)(H2,24,25,26,27). The number of nitrogens with two attached hydrogens (primary N) is 1. The molecule has 10 heteroatoms. The van der Waals surface area contributed by atoms with Crippen molar-refractivity contribution in [3.05, 3.63) is 59.8 Å². The van der Waals surface area contributed by atoms with E-state index < -0.39 is 5.91 Å². The number of nitrogens with zero attached hydrogens (tertiary/aromatic N) is 4. The minimum Gasteiger partial charge on any atom is -0.366 e. The summed E-state index contributed by atoms with van der Waals surface area (Å²) in [4.78, 5) is 32.5. The van der Waals surface area contributed by atoms with E-state index in [9.17, 15) is 9.59 Å². The Morgan fingerprint density at radius 3 is 2.52 bits per heavy atom. The number of H-pyrrole nitrogens is 1. The Balaban J connectivity index is 1.34. The summed E-state index contributed by atoms with van der Waals surface area (Å²) in [6.07, 6.45) is 0. The Morgan fingerprint density at radius 1 is 1.03 bits per heavy atom. The first kappa shape index (κ1) is 20.2. The Morgan fingerprint density at radius 2 is 1.81 bits per heavy atom. The van der Waals surface area contributed by atoms with Crippen LogP contribution in [0, 0.1) is 6.92 Å². The van der Waals surface area contributed by atoms with Crippen molar-refractivity contribution in [3.63, 3.8) is 0 Å². The highest BCUT2D eigenvalue weighted by atomic mass is 16.2. The Hall–Kier alpha value is -4.08. The van der Waals surface area contributed by atoms with Crippen molar-refractivity contribution in [1.29, 1.82) is 0 Å². The highest BCUT2D eigenvalue weighted by Crippen LogP contribution is 2.19. The quantitative estimate of drug-likeness (QED) is 0.501. The van der Waals surface area contributed by atoms with Crippen LogP contribution in [0.3, 0.4) is 0 Å². The van der Waals surface area contributed by atoms with Gasteiger partial charge in [-0.1, -0.05) is 12.1 Å². The number of hydrogen-bond acceptors (Lipinski definition) is 6. The second-order valence-electron chi connectivity index (χ2n) is 7.29. The first-order chi connectivity index (χ1) is 15.0. The van der Waals surface area contributed by atoms with E-state index in [0.717, 1.165) is 11.5 Å². The third-order valence-corrected chi connectivity index (χ3v) is 4.99. The number of urea groups is 1. The Kier molecular flexibility index (Phi) is 5.69. The van der Waals surface area contributed by atoms with E-state index in [2.05, 4.69) is 30.7 Å². The smallest absolute Gasteiger partial charge is 0.321 e. The van der Waals surface area contributed by atoms with Crippen LogP contribution in [0.15, 0.2) is 48.5 Å². The number of carbonyl (C=O) groups excluding carboxylic acids is 2. The number of hydrogen-bond donors (Lipinski definition) is 4. The van der Waals surface area contributed by atoms with Gasteiger partial charge in [-0.25, -0.2) is 9.78 Å². The highest BCUT2D eigenvalue weighted by molar-refractivity contribution is 5.95. The number of piperazine rings is 1. The van der Waals surface area contributed by atoms with Crippen molar-refractivity contribution in [2.24, 2.45) is 5.73 Å². The van der Waals surface area contributed by atoms with Gasteiger partial charge < -0.3 is 26.2 Å². The molecule has 0 spiro atoms. The molecule has 160 valence electrons. The van der Waals surface area contributed by atoms with Crippen LogP contribution in [-0.2, 0) is 0 Å². The second kappa shape index (κ2) is 8.74. The lowest BCUT2D eigenvalue weighted by molar-refractivity contribution is 0.1000. The molecule has 10 nitrogen and oxygen atoms in total. The number of aromatic nitrogens is 3. The van der Waals surface area contributed by atoms with Crippen LogP contribution in [0.4, 0.5) is 27.9 Å². The predicted molar refractivity (Wildman–Crippen MR) is 119 cm³/mol. The van der Waals surface area contributed by atoms with Gasteiger partial charge in [0.25, 0.3) is 0 Å². The van der Waals surface area contributed by atoms with Crippen molar-refractivity contribution in [1.82, 2.24) is 20.1 Å². The number of amides is 3. The van der Waals surface area contributed by atoms with Gasteiger partial charge in [0.1, 0.15) is 11.6 Å². The zero-order chi connectivity index (χ0) is 21.8. The fourth-order valence-electron chi connectivity index (χ4n) is 3.37. The molecular formula is C21H24N8O2. The lowest BCUT2D eigenvalue weighted by Gasteiger charge is -2.35. The van der Waals surface area contributed by atoms with Crippen LogP contribution < -0.4 is 21.3 Å². The van der Waals surface area contributed by atoms with Gasteiger partial charge in [-0.05, 0) is 37.3 Å². The molecule has 1 fully saturated rings. The van der Waals surface area contributed by atoms with Gasteiger partial charge in [0.15, 0.2) is 5.82 Å². The third-order valence-electron chi connectivity index (χ3n) is 4.99. The van der Waals surface area contributed by atoms with E-state index in [1.54, 1.807) is 29.2 Å². The number of rotatable bonds is 5. The SMILES string of the molecule is Cc1cc(Nc2cccc(N3CCN(C(=O)Nc4cccc(C(N)=O)c4)CC3)n2)n[nH]1. The van der Waals surface area contributed by atoms with Crippen molar-refractivity contribution in [2.45, 2.75) is 6.92 Å². The van der Waals surface area contributed by atoms with Gasteiger partial charge >= 0.3 is 6.03 Å². The summed E-state index contributed by atoms with van der Waals surface area (Å²) in [5.41, 5.74) is 7.16. The predicted octanol–water partition coefficient (Wildman–Crippen LogP) is 2.31. The van der Waals surface area contributed by atoms with Crippen molar-refractivity contribution < 1.29 is 9.59 Å². The van der Waals surface area contributed by atoms with Crippen LogP contribution in [-0.4, -0.2) is 58.2 Å². The molecule has 4 rings (SSSR count). The van der Waals surface area contributed by atoms with Crippen LogP contribution in [0.2, 0.25) is 0 Å². The third kappa shape index (κ3) is 4.92. The average Bonchev–Trinajstić information content (AvgIpc) is 3.18. The summed E-state index contributed by atoms with van der Waals surface area (Å²) in [6.45, 7) is 4.37. The number of benzene rings is 1. The van der Waals surface area contributed by atoms with Crippen LogP contribution in [0.25, 0.3) is 0 Å². The van der Waals surface area contributed by atoms with E-state index in [0.29, 0.717) is 49.1 Å².